The van der Waals surface area contributed by atoms with E-state index in [1.165, 1.54) is 69.8 Å². The van der Waals surface area contributed by atoms with Crippen molar-refractivity contribution in [3.63, 3.8) is 0 Å². The van der Waals surface area contributed by atoms with Crippen LogP contribution in [0, 0.1) is 0 Å². The molecule has 0 saturated heterocycles. The van der Waals surface area contributed by atoms with E-state index in [-0.39, 0.29) is 0 Å². The molecule has 0 unspecified atom stereocenters. The lowest BCUT2D eigenvalue weighted by atomic mass is 9.95. The average Bonchev–Trinajstić information content (AvgIpc) is 2.56. The van der Waals surface area contributed by atoms with E-state index >= 15 is 0 Å². The molecule has 118 valence electrons. The van der Waals surface area contributed by atoms with Gasteiger partial charge in [-0.2, -0.15) is 0 Å². The Bertz CT molecular complexity index is 351. The maximum Gasteiger partial charge on any atom is 0.0208 e. The number of nitrogens with one attached hydrogen (secondary N) is 1. The van der Waals surface area contributed by atoms with Gasteiger partial charge in [-0.3, -0.25) is 0 Å². The van der Waals surface area contributed by atoms with Crippen LogP contribution in [0.25, 0.3) is 0 Å². The largest absolute Gasteiger partial charge is 0.328 e. The molecule has 21 heavy (non-hydrogen) atoms. The molecule has 0 amide bonds. The smallest absolute Gasteiger partial charge is 0.0208 e. The van der Waals surface area contributed by atoms with E-state index in [0.717, 1.165) is 12.6 Å². The average molecular weight is 288 g/mol. The summed E-state index contributed by atoms with van der Waals surface area (Å²) in [6.45, 7) is 1.03. The predicted molar refractivity (Wildman–Crippen MR) is 91.2 cm³/mol. The summed E-state index contributed by atoms with van der Waals surface area (Å²) in [5.41, 5.74) is 7.04. The Morgan fingerprint density at radius 1 is 0.810 bits per heavy atom. The molecule has 3 N–H and O–H groups in total. The summed E-state index contributed by atoms with van der Waals surface area (Å²) in [4.78, 5) is 0. The molecule has 1 aromatic carbocycles. The van der Waals surface area contributed by atoms with Crippen LogP contribution in [0.5, 0.6) is 0 Å². The number of nitrogens with two attached hydrogens (primary N) is 1. The fourth-order valence-corrected chi connectivity index (χ4v) is 3.30. The van der Waals surface area contributed by atoms with Crippen LogP contribution in [0.15, 0.2) is 30.3 Å². The quantitative estimate of drug-likeness (QED) is 0.866. The molecular formula is C19H32N2. The van der Waals surface area contributed by atoms with Crippen LogP contribution in [0.4, 0.5) is 0 Å². The van der Waals surface area contributed by atoms with Crippen molar-refractivity contribution < 1.29 is 0 Å². The van der Waals surface area contributed by atoms with Crippen molar-refractivity contribution in [1.82, 2.24) is 5.32 Å². The third-order valence-electron chi connectivity index (χ3n) is 4.69. The molecule has 2 aliphatic rings. The minimum atomic E-state index is 0.536. The van der Waals surface area contributed by atoms with Crippen LogP contribution in [0.1, 0.15) is 69.8 Å². The summed E-state index contributed by atoms with van der Waals surface area (Å²) in [6, 6.07) is 12.0. The number of benzene rings is 1. The van der Waals surface area contributed by atoms with E-state index in [4.69, 9.17) is 5.73 Å². The van der Waals surface area contributed by atoms with Gasteiger partial charge in [-0.1, -0.05) is 68.9 Å². The maximum absolute atomic E-state index is 5.63. The highest BCUT2D eigenvalue weighted by atomic mass is 14.9. The molecule has 0 atom stereocenters. The third-order valence-corrected chi connectivity index (χ3v) is 4.69. The third kappa shape index (κ3) is 7.10. The first-order chi connectivity index (χ1) is 10.3. The van der Waals surface area contributed by atoms with Gasteiger partial charge in [-0.15, -0.1) is 0 Å². The van der Waals surface area contributed by atoms with Crippen LogP contribution >= 0.6 is 0 Å². The highest BCUT2D eigenvalue weighted by Gasteiger charge is 2.11. The molecule has 2 nitrogen and oxygen atoms in total. The fourth-order valence-electron chi connectivity index (χ4n) is 3.30. The molecule has 2 aliphatic carbocycles. The Hall–Kier alpha value is -0.860. The van der Waals surface area contributed by atoms with Crippen molar-refractivity contribution in [2.45, 2.75) is 82.8 Å². The fraction of sp³-hybridized carbons (Fsp3) is 0.684. The van der Waals surface area contributed by atoms with Crippen molar-refractivity contribution in [3.8, 4) is 0 Å². The van der Waals surface area contributed by atoms with Gasteiger partial charge in [0.15, 0.2) is 0 Å². The second-order valence-corrected chi connectivity index (χ2v) is 6.60. The van der Waals surface area contributed by atoms with Crippen LogP contribution in [0.3, 0.4) is 0 Å². The van der Waals surface area contributed by atoms with Gasteiger partial charge in [0.1, 0.15) is 0 Å². The monoisotopic (exact) mass is 288 g/mol. The summed E-state index contributed by atoms with van der Waals surface area (Å²) in [7, 11) is 0. The Kier molecular flexibility index (Phi) is 7.83. The van der Waals surface area contributed by atoms with Crippen molar-refractivity contribution in [2.24, 2.45) is 5.73 Å². The van der Waals surface area contributed by atoms with Crippen LogP contribution in [-0.4, -0.2) is 12.1 Å². The van der Waals surface area contributed by atoms with E-state index in [1.807, 2.05) is 0 Å². The first-order valence-electron chi connectivity index (χ1n) is 8.87. The summed E-state index contributed by atoms with van der Waals surface area (Å²) >= 11 is 0. The molecule has 0 heterocycles. The molecule has 2 fully saturated rings. The molecule has 1 aromatic rings. The molecule has 0 aromatic heterocycles. The minimum absolute atomic E-state index is 0.536. The summed E-state index contributed by atoms with van der Waals surface area (Å²) in [6.07, 6.45) is 13.7. The maximum atomic E-state index is 5.63. The van der Waals surface area contributed by atoms with E-state index in [0.29, 0.717) is 6.04 Å². The zero-order valence-electron chi connectivity index (χ0n) is 13.4. The van der Waals surface area contributed by atoms with Gasteiger partial charge >= 0.3 is 0 Å². The number of hydrogen-bond donors (Lipinski definition) is 2. The van der Waals surface area contributed by atoms with E-state index in [1.54, 1.807) is 0 Å². The lowest BCUT2D eigenvalue weighted by Gasteiger charge is -2.22. The summed E-state index contributed by atoms with van der Waals surface area (Å²) in [5.74, 6) is 0. The highest BCUT2D eigenvalue weighted by Crippen LogP contribution is 2.17. The molecule has 0 aliphatic heterocycles. The molecule has 0 radical (unpaired) electrons. The zero-order valence-corrected chi connectivity index (χ0v) is 13.4. The molecule has 0 bridgehead atoms. The molecule has 0 spiro atoms. The summed E-state index contributed by atoms with van der Waals surface area (Å²) in [5, 5.41) is 3.64. The van der Waals surface area contributed by atoms with Gasteiger partial charge in [0, 0.05) is 18.6 Å². The van der Waals surface area contributed by atoms with Crippen LogP contribution in [0.2, 0.25) is 0 Å². The molecule has 2 saturated carbocycles. The van der Waals surface area contributed by atoms with Crippen LogP contribution < -0.4 is 11.1 Å². The second kappa shape index (κ2) is 9.97. The van der Waals surface area contributed by atoms with Crippen molar-refractivity contribution in [2.75, 3.05) is 0 Å². The highest BCUT2D eigenvalue weighted by molar-refractivity contribution is 5.14. The van der Waals surface area contributed by atoms with Gasteiger partial charge in [0.2, 0.25) is 0 Å². The Morgan fingerprint density at radius 3 is 1.90 bits per heavy atom. The Balaban J connectivity index is 0.000000194. The normalized spacial score (nSPS) is 20.6. The SMILES string of the molecule is NC1CCCCC1.c1ccc(CNC2CCCCC2)cc1. The van der Waals surface area contributed by atoms with Crippen molar-refractivity contribution in [1.29, 1.82) is 0 Å². The molecular weight excluding hydrogens is 256 g/mol. The van der Waals surface area contributed by atoms with E-state index in [2.05, 4.69) is 35.6 Å². The van der Waals surface area contributed by atoms with Gasteiger partial charge < -0.3 is 11.1 Å². The van der Waals surface area contributed by atoms with Gasteiger partial charge in [0.25, 0.3) is 0 Å². The van der Waals surface area contributed by atoms with Gasteiger partial charge in [-0.25, -0.2) is 0 Å². The first-order valence-corrected chi connectivity index (χ1v) is 8.87. The molecule has 2 heteroatoms. The minimum Gasteiger partial charge on any atom is -0.328 e. The molecule has 3 rings (SSSR count). The predicted octanol–water partition coefficient (Wildman–Crippen LogP) is 4.39. The van der Waals surface area contributed by atoms with Gasteiger partial charge in [0.05, 0.1) is 0 Å². The zero-order chi connectivity index (χ0) is 14.8. The van der Waals surface area contributed by atoms with Gasteiger partial charge in [-0.05, 0) is 31.2 Å². The Labute approximate surface area is 130 Å². The van der Waals surface area contributed by atoms with Crippen molar-refractivity contribution >= 4 is 0 Å². The number of hydrogen-bond acceptors (Lipinski definition) is 2. The lowest BCUT2D eigenvalue weighted by molar-refractivity contribution is 0.372. The van der Waals surface area contributed by atoms with E-state index in [9.17, 15) is 0 Å². The number of rotatable bonds is 3. The lowest BCUT2D eigenvalue weighted by Crippen LogP contribution is -2.30. The standard InChI is InChI=1S/C13H19N.C6H13N/c1-3-7-12(8-4-1)11-14-13-9-5-2-6-10-13;7-6-4-2-1-3-5-6/h1,3-4,7-8,13-14H,2,5-6,9-11H2;6H,1-5,7H2. The van der Waals surface area contributed by atoms with Crippen LogP contribution in [-0.2, 0) is 6.54 Å². The summed E-state index contributed by atoms with van der Waals surface area (Å²) < 4.78 is 0. The second-order valence-electron chi connectivity index (χ2n) is 6.60. The van der Waals surface area contributed by atoms with Crippen molar-refractivity contribution in [3.05, 3.63) is 35.9 Å². The first kappa shape index (κ1) is 16.5. The Morgan fingerprint density at radius 2 is 1.38 bits per heavy atom. The topological polar surface area (TPSA) is 38.0 Å². The van der Waals surface area contributed by atoms with E-state index < -0.39 is 0 Å².